The fourth-order valence-corrected chi connectivity index (χ4v) is 5.36. The van der Waals surface area contributed by atoms with E-state index in [4.69, 9.17) is 0 Å². The number of aryl methyl sites for hydroxylation is 1. The van der Waals surface area contributed by atoms with E-state index in [9.17, 15) is 9.59 Å². The fourth-order valence-electron chi connectivity index (χ4n) is 5.36. The minimum atomic E-state index is 0.0424. The molecule has 2 fully saturated rings. The van der Waals surface area contributed by atoms with E-state index < -0.39 is 0 Å². The highest BCUT2D eigenvalue weighted by Crippen LogP contribution is 2.33. The minimum Gasteiger partial charge on any atom is -0.339 e. The summed E-state index contributed by atoms with van der Waals surface area (Å²) in [5.74, 6) is 0.0793. The zero-order valence-electron chi connectivity index (χ0n) is 17.2. The van der Waals surface area contributed by atoms with E-state index in [1.54, 1.807) is 0 Å². The summed E-state index contributed by atoms with van der Waals surface area (Å²) in [6.07, 6.45) is 10.8. The number of benzene rings is 1. The molecule has 1 aliphatic heterocycles. The van der Waals surface area contributed by atoms with Crippen LogP contribution < -0.4 is 5.56 Å². The number of nitrogens with zero attached hydrogens (tertiary/aromatic N) is 3. The molecule has 152 valence electrons. The van der Waals surface area contributed by atoms with Gasteiger partial charge in [0.1, 0.15) is 5.52 Å². The third-order valence-corrected chi connectivity index (χ3v) is 6.92. The molecule has 3 heterocycles. The molecule has 0 spiro atoms. The Hall–Kier alpha value is -2.56. The van der Waals surface area contributed by atoms with Crippen LogP contribution in [-0.2, 0) is 7.05 Å². The molecule has 0 N–H and O–H groups in total. The zero-order valence-corrected chi connectivity index (χ0v) is 17.2. The SMILES string of the molecule is Cn1c2ccccc2c2c(C(=O)N3CCCCC3)cn(C3CCCCC3)c(=O)c21. The Balaban J connectivity index is 1.79. The highest BCUT2D eigenvalue weighted by Gasteiger charge is 2.27. The van der Waals surface area contributed by atoms with E-state index in [1.807, 2.05) is 51.5 Å². The maximum Gasteiger partial charge on any atom is 0.275 e. The number of carbonyl (C=O) groups excluding carboxylic acids is 1. The van der Waals surface area contributed by atoms with Gasteiger partial charge in [-0.2, -0.15) is 0 Å². The van der Waals surface area contributed by atoms with Gasteiger partial charge in [-0.25, -0.2) is 0 Å². The molecule has 0 bridgehead atoms. The van der Waals surface area contributed by atoms with E-state index in [0.29, 0.717) is 11.1 Å². The summed E-state index contributed by atoms with van der Waals surface area (Å²) < 4.78 is 3.87. The van der Waals surface area contributed by atoms with Crippen LogP contribution in [0.1, 0.15) is 67.8 Å². The number of amides is 1. The molecule has 1 aromatic carbocycles. The van der Waals surface area contributed by atoms with E-state index in [2.05, 4.69) is 0 Å². The average Bonchev–Trinajstić information content (AvgIpc) is 3.08. The Morgan fingerprint density at radius 3 is 2.41 bits per heavy atom. The molecule has 3 aromatic rings. The summed E-state index contributed by atoms with van der Waals surface area (Å²) >= 11 is 0. The molecule has 1 aliphatic carbocycles. The van der Waals surface area contributed by atoms with Crippen molar-refractivity contribution >= 4 is 27.7 Å². The van der Waals surface area contributed by atoms with Crippen LogP contribution >= 0.6 is 0 Å². The van der Waals surface area contributed by atoms with Crippen molar-refractivity contribution < 1.29 is 4.79 Å². The molecular weight excluding hydrogens is 362 g/mol. The summed E-state index contributed by atoms with van der Waals surface area (Å²) in [5.41, 5.74) is 2.41. The second-order valence-corrected chi connectivity index (χ2v) is 8.70. The van der Waals surface area contributed by atoms with Gasteiger partial charge in [-0.15, -0.1) is 0 Å². The first kappa shape index (κ1) is 18.5. The first-order valence-corrected chi connectivity index (χ1v) is 11.1. The number of hydrogen-bond acceptors (Lipinski definition) is 2. The topological polar surface area (TPSA) is 47.2 Å². The highest BCUT2D eigenvalue weighted by atomic mass is 16.2. The summed E-state index contributed by atoms with van der Waals surface area (Å²) in [4.78, 5) is 29.2. The Bertz CT molecular complexity index is 1130. The van der Waals surface area contributed by atoms with E-state index >= 15 is 0 Å². The molecule has 2 aliphatic rings. The monoisotopic (exact) mass is 391 g/mol. The van der Waals surface area contributed by atoms with Crippen LogP contribution in [0.2, 0.25) is 0 Å². The molecular formula is C24H29N3O2. The molecule has 2 aromatic heterocycles. The number of hydrogen-bond donors (Lipinski definition) is 0. The lowest BCUT2D eigenvalue weighted by molar-refractivity contribution is 0.0725. The molecule has 5 nitrogen and oxygen atoms in total. The second kappa shape index (κ2) is 7.36. The maximum atomic E-state index is 13.6. The number of piperidine rings is 1. The number of carbonyl (C=O) groups is 1. The molecule has 0 unspecified atom stereocenters. The van der Waals surface area contributed by atoms with E-state index in [-0.39, 0.29) is 17.5 Å². The molecule has 1 amide bonds. The van der Waals surface area contributed by atoms with E-state index in [0.717, 1.165) is 67.9 Å². The van der Waals surface area contributed by atoms with Crippen molar-refractivity contribution in [3.8, 4) is 0 Å². The van der Waals surface area contributed by atoms with Gasteiger partial charge in [-0.1, -0.05) is 37.5 Å². The normalized spacial score (nSPS) is 18.6. The van der Waals surface area contributed by atoms with Crippen LogP contribution in [0.4, 0.5) is 0 Å². The number of rotatable bonds is 2. The van der Waals surface area contributed by atoms with Crippen LogP contribution in [0.3, 0.4) is 0 Å². The summed E-state index contributed by atoms with van der Waals surface area (Å²) in [5, 5.41) is 1.83. The third-order valence-electron chi connectivity index (χ3n) is 6.92. The minimum absolute atomic E-state index is 0.0424. The third kappa shape index (κ3) is 2.98. The maximum absolute atomic E-state index is 13.6. The zero-order chi connectivity index (χ0) is 20.0. The molecule has 1 saturated heterocycles. The molecule has 5 heteroatoms. The summed E-state index contributed by atoms with van der Waals surface area (Å²) in [6.45, 7) is 1.63. The highest BCUT2D eigenvalue weighted by molar-refractivity contribution is 6.17. The van der Waals surface area contributed by atoms with Crippen molar-refractivity contribution in [3.05, 3.63) is 46.4 Å². The lowest BCUT2D eigenvalue weighted by atomic mass is 9.94. The number of aromatic nitrogens is 2. The van der Waals surface area contributed by atoms with Gasteiger partial charge in [0.25, 0.3) is 11.5 Å². The standard InChI is InChI=1S/C24H29N3O2/c1-25-20-13-7-6-12-18(20)21-19(23(28)26-14-8-3-9-15-26)16-27(24(29)22(21)25)17-10-4-2-5-11-17/h6-7,12-13,16-17H,2-5,8-11,14-15H2,1H3. The van der Waals surface area contributed by atoms with Crippen molar-refractivity contribution in [2.75, 3.05) is 13.1 Å². The van der Waals surface area contributed by atoms with Gasteiger partial charge in [0.2, 0.25) is 0 Å². The molecule has 0 atom stereocenters. The first-order chi connectivity index (χ1) is 14.2. The molecule has 5 rings (SSSR count). The number of para-hydroxylation sites is 1. The van der Waals surface area contributed by atoms with Crippen molar-refractivity contribution in [2.24, 2.45) is 7.05 Å². The van der Waals surface area contributed by atoms with Crippen molar-refractivity contribution in [2.45, 2.75) is 57.4 Å². The fraction of sp³-hybridized carbons (Fsp3) is 0.500. The molecule has 29 heavy (non-hydrogen) atoms. The van der Waals surface area contributed by atoms with Gasteiger partial charge in [-0.3, -0.25) is 9.59 Å². The average molecular weight is 392 g/mol. The summed E-state index contributed by atoms with van der Waals surface area (Å²) in [7, 11) is 1.95. The smallest absolute Gasteiger partial charge is 0.275 e. The largest absolute Gasteiger partial charge is 0.339 e. The summed E-state index contributed by atoms with van der Waals surface area (Å²) in [6, 6.07) is 8.26. The van der Waals surface area contributed by atoms with Crippen LogP contribution in [-0.4, -0.2) is 33.0 Å². The second-order valence-electron chi connectivity index (χ2n) is 8.70. The first-order valence-electron chi connectivity index (χ1n) is 11.1. The Morgan fingerprint density at radius 2 is 1.66 bits per heavy atom. The van der Waals surface area contributed by atoms with Crippen molar-refractivity contribution in [1.82, 2.24) is 14.0 Å². The Morgan fingerprint density at radius 1 is 0.966 bits per heavy atom. The predicted molar refractivity (Wildman–Crippen MR) is 117 cm³/mol. The van der Waals surface area contributed by atoms with Gasteiger partial charge in [0.05, 0.1) is 5.56 Å². The Labute approximate surface area is 170 Å². The van der Waals surface area contributed by atoms with Crippen LogP contribution in [0.5, 0.6) is 0 Å². The molecule has 1 saturated carbocycles. The van der Waals surface area contributed by atoms with Crippen molar-refractivity contribution in [1.29, 1.82) is 0 Å². The number of fused-ring (bicyclic) bond motifs is 3. The van der Waals surface area contributed by atoms with Crippen LogP contribution in [0.15, 0.2) is 35.3 Å². The number of likely N-dealkylation sites (tertiary alicyclic amines) is 1. The van der Waals surface area contributed by atoms with Gasteiger partial charge in [-0.05, 0) is 38.2 Å². The van der Waals surface area contributed by atoms with E-state index in [1.165, 1.54) is 12.8 Å². The quantitative estimate of drug-likeness (QED) is 0.640. The predicted octanol–water partition coefficient (Wildman–Crippen LogP) is 4.62. The van der Waals surface area contributed by atoms with Gasteiger partial charge >= 0.3 is 0 Å². The lowest BCUT2D eigenvalue weighted by Gasteiger charge is -2.28. The van der Waals surface area contributed by atoms with Gasteiger partial charge in [0.15, 0.2) is 0 Å². The van der Waals surface area contributed by atoms with Crippen LogP contribution in [0, 0.1) is 0 Å². The Kier molecular flexibility index (Phi) is 4.69. The van der Waals surface area contributed by atoms with Gasteiger partial charge < -0.3 is 14.0 Å². The van der Waals surface area contributed by atoms with Crippen LogP contribution in [0.25, 0.3) is 21.8 Å². The molecule has 0 radical (unpaired) electrons. The van der Waals surface area contributed by atoms with Gasteiger partial charge in [0, 0.05) is 48.7 Å². The van der Waals surface area contributed by atoms with Crippen molar-refractivity contribution in [3.63, 3.8) is 0 Å². The lowest BCUT2D eigenvalue weighted by Crippen LogP contribution is -2.37. The number of pyridine rings is 1.